The molecule has 1 aromatic carbocycles. The monoisotopic (exact) mass is 357 g/mol. The maximum Gasteiger partial charge on any atom is 0.144 e. The van der Waals surface area contributed by atoms with Crippen LogP contribution in [0.3, 0.4) is 0 Å². The fourth-order valence-electron chi connectivity index (χ4n) is 2.94. The lowest BCUT2D eigenvalue weighted by atomic mass is 9.67. The molecule has 1 saturated carbocycles. The third-order valence-corrected chi connectivity index (χ3v) is 5.42. The zero-order valence-corrected chi connectivity index (χ0v) is 14.1. The van der Waals surface area contributed by atoms with Crippen LogP contribution in [-0.4, -0.2) is 12.3 Å². The lowest BCUT2D eigenvalue weighted by Gasteiger charge is -2.37. The molecule has 0 aliphatic heterocycles. The molecule has 1 fully saturated rings. The van der Waals surface area contributed by atoms with E-state index in [1.165, 1.54) is 0 Å². The van der Waals surface area contributed by atoms with Crippen LogP contribution in [0.1, 0.15) is 38.2 Å². The first kappa shape index (κ1) is 16.0. The Kier molecular flexibility index (Phi) is 5.27. The van der Waals surface area contributed by atoms with E-state index >= 15 is 0 Å². The average molecular weight is 359 g/mol. The van der Waals surface area contributed by atoms with Crippen LogP contribution in [0, 0.1) is 11.3 Å². The molecule has 0 saturated heterocycles. The van der Waals surface area contributed by atoms with E-state index in [-0.39, 0.29) is 11.2 Å². The normalized spacial score (nSPS) is 26.5. The molecular weight excluding hydrogens is 338 g/mol. The summed E-state index contributed by atoms with van der Waals surface area (Å²) in [6.45, 7) is 2.70. The van der Waals surface area contributed by atoms with E-state index in [1.807, 2.05) is 18.2 Å². The summed E-state index contributed by atoms with van der Waals surface area (Å²) in [6.07, 6.45) is 4.40. The number of rotatable bonds is 4. The first-order chi connectivity index (χ1) is 9.47. The molecule has 20 heavy (non-hydrogen) atoms. The van der Waals surface area contributed by atoms with E-state index < -0.39 is 0 Å². The molecule has 110 valence electrons. The molecule has 4 heteroatoms. The lowest BCUT2D eigenvalue weighted by molar-refractivity contribution is -0.129. The van der Waals surface area contributed by atoms with Crippen LogP contribution >= 0.6 is 27.5 Å². The molecule has 2 N–H and O–H groups in total. The zero-order valence-electron chi connectivity index (χ0n) is 11.8. The quantitative estimate of drug-likeness (QED) is 0.868. The van der Waals surface area contributed by atoms with Crippen molar-refractivity contribution >= 4 is 33.3 Å². The van der Waals surface area contributed by atoms with Crippen molar-refractivity contribution in [3.63, 3.8) is 0 Å². The first-order valence-corrected chi connectivity index (χ1v) is 8.31. The zero-order chi connectivity index (χ0) is 14.8. The number of benzene rings is 1. The third kappa shape index (κ3) is 3.44. The van der Waals surface area contributed by atoms with Gasteiger partial charge >= 0.3 is 0 Å². The van der Waals surface area contributed by atoms with Gasteiger partial charge in [-0.3, -0.25) is 4.79 Å². The molecule has 1 aliphatic rings. The number of carbonyl (C=O) groups is 1. The van der Waals surface area contributed by atoms with Crippen molar-refractivity contribution < 1.29 is 4.79 Å². The van der Waals surface area contributed by atoms with Gasteiger partial charge in [-0.1, -0.05) is 40.5 Å². The van der Waals surface area contributed by atoms with Gasteiger partial charge in [0, 0.05) is 27.9 Å². The SMILES string of the molecule is CC1CCC(CN)(C(=O)Cc2ccc(Br)cc2Cl)CC1. The van der Waals surface area contributed by atoms with Gasteiger partial charge in [0.05, 0.1) is 0 Å². The summed E-state index contributed by atoms with van der Waals surface area (Å²) >= 11 is 9.59. The molecule has 0 heterocycles. The Morgan fingerprint density at radius 1 is 1.45 bits per heavy atom. The maximum absolute atomic E-state index is 12.7. The molecular formula is C16H21BrClNO. The Morgan fingerprint density at radius 2 is 2.10 bits per heavy atom. The molecule has 2 rings (SSSR count). The number of ketones is 1. The van der Waals surface area contributed by atoms with Gasteiger partial charge in [-0.2, -0.15) is 0 Å². The summed E-state index contributed by atoms with van der Waals surface area (Å²) in [5.74, 6) is 0.954. The summed E-state index contributed by atoms with van der Waals surface area (Å²) < 4.78 is 0.929. The molecule has 0 amide bonds. The van der Waals surface area contributed by atoms with Crippen molar-refractivity contribution in [1.82, 2.24) is 0 Å². The number of carbonyl (C=O) groups excluding carboxylic acids is 1. The fraction of sp³-hybridized carbons (Fsp3) is 0.562. The highest BCUT2D eigenvalue weighted by Crippen LogP contribution is 2.40. The van der Waals surface area contributed by atoms with Gasteiger partial charge in [0.1, 0.15) is 5.78 Å². The van der Waals surface area contributed by atoms with Crippen molar-refractivity contribution in [3.8, 4) is 0 Å². The van der Waals surface area contributed by atoms with E-state index in [1.54, 1.807) is 0 Å². The molecule has 0 spiro atoms. The minimum absolute atomic E-state index is 0.246. The van der Waals surface area contributed by atoms with Crippen LogP contribution in [-0.2, 0) is 11.2 Å². The number of hydrogen-bond donors (Lipinski definition) is 1. The van der Waals surface area contributed by atoms with Crippen molar-refractivity contribution in [2.24, 2.45) is 17.1 Å². The summed E-state index contributed by atoms with van der Waals surface area (Å²) in [6, 6.07) is 5.68. The van der Waals surface area contributed by atoms with E-state index in [9.17, 15) is 4.79 Å². The topological polar surface area (TPSA) is 43.1 Å². The summed E-state index contributed by atoms with van der Waals surface area (Å²) in [5, 5.41) is 0.643. The number of hydrogen-bond acceptors (Lipinski definition) is 2. The fourth-order valence-corrected chi connectivity index (χ4v) is 3.68. The van der Waals surface area contributed by atoms with E-state index in [2.05, 4.69) is 22.9 Å². The van der Waals surface area contributed by atoms with Gasteiger partial charge in [0.25, 0.3) is 0 Å². The molecule has 1 aromatic rings. The van der Waals surface area contributed by atoms with Gasteiger partial charge in [0.15, 0.2) is 0 Å². The first-order valence-electron chi connectivity index (χ1n) is 7.14. The third-order valence-electron chi connectivity index (χ3n) is 4.58. The standard InChI is InChI=1S/C16H21BrClNO/c1-11-4-6-16(10-19,7-5-11)15(20)8-12-2-3-13(17)9-14(12)18/h2-3,9,11H,4-8,10,19H2,1H3. The van der Waals surface area contributed by atoms with Crippen molar-refractivity contribution in [3.05, 3.63) is 33.3 Å². The largest absolute Gasteiger partial charge is 0.329 e. The van der Waals surface area contributed by atoms with Gasteiger partial charge in [-0.15, -0.1) is 0 Å². The minimum atomic E-state index is -0.330. The predicted molar refractivity (Wildman–Crippen MR) is 87.0 cm³/mol. The highest BCUT2D eigenvalue weighted by Gasteiger charge is 2.39. The summed E-state index contributed by atoms with van der Waals surface area (Å²) in [5.41, 5.74) is 6.50. The Bertz CT molecular complexity index is 495. The highest BCUT2D eigenvalue weighted by molar-refractivity contribution is 9.10. The molecule has 1 aliphatic carbocycles. The van der Waals surface area contributed by atoms with Crippen molar-refractivity contribution in [1.29, 1.82) is 0 Å². The predicted octanol–water partition coefficient (Wildman–Crippen LogP) is 4.37. The molecule has 2 nitrogen and oxygen atoms in total. The maximum atomic E-state index is 12.7. The van der Waals surface area contributed by atoms with Crippen LogP contribution in [0.25, 0.3) is 0 Å². The number of Topliss-reactive ketones (excluding diaryl/α,β-unsaturated/α-hetero) is 1. The Morgan fingerprint density at radius 3 is 2.65 bits per heavy atom. The second-order valence-electron chi connectivity index (χ2n) is 6.00. The molecule has 0 aromatic heterocycles. The van der Waals surface area contributed by atoms with E-state index in [0.717, 1.165) is 35.7 Å². The average Bonchev–Trinajstić information content (AvgIpc) is 2.43. The van der Waals surface area contributed by atoms with E-state index in [4.69, 9.17) is 17.3 Å². The van der Waals surface area contributed by atoms with Gasteiger partial charge in [-0.25, -0.2) is 0 Å². The Hall–Kier alpha value is -0.380. The minimum Gasteiger partial charge on any atom is -0.329 e. The highest BCUT2D eigenvalue weighted by atomic mass is 79.9. The molecule has 0 radical (unpaired) electrons. The molecule has 0 unspecified atom stereocenters. The van der Waals surface area contributed by atoms with Crippen molar-refractivity contribution in [2.75, 3.05) is 6.54 Å². The smallest absolute Gasteiger partial charge is 0.144 e. The van der Waals surface area contributed by atoms with Crippen LogP contribution in [0.5, 0.6) is 0 Å². The van der Waals surface area contributed by atoms with Crippen LogP contribution < -0.4 is 5.73 Å². The molecule has 0 atom stereocenters. The van der Waals surface area contributed by atoms with E-state index in [0.29, 0.717) is 23.9 Å². The van der Waals surface area contributed by atoms with Crippen LogP contribution in [0.2, 0.25) is 5.02 Å². The number of nitrogens with two attached hydrogens (primary N) is 1. The second kappa shape index (κ2) is 6.59. The second-order valence-corrected chi connectivity index (χ2v) is 7.33. The van der Waals surface area contributed by atoms with Gasteiger partial charge in [0.2, 0.25) is 0 Å². The van der Waals surface area contributed by atoms with Crippen molar-refractivity contribution in [2.45, 2.75) is 39.0 Å². The lowest BCUT2D eigenvalue weighted by Crippen LogP contribution is -2.42. The van der Waals surface area contributed by atoms with Crippen LogP contribution in [0.4, 0.5) is 0 Å². The number of halogens is 2. The summed E-state index contributed by atoms with van der Waals surface area (Å²) in [4.78, 5) is 12.7. The van der Waals surface area contributed by atoms with Gasteiger partial charge in [-0.05, 0) is 49.3 Å². The van der Waals surface area contributed by atoms with Crippen LogP contribution in [0.15, 0.2) is 22.7 Å². The Balaban J connectivity index is 2.13. The molecule has 0 bridgehead atoms. The summed E-state index contributed by atoms with van der Waals surface area (Å²) in [7, 11) is 0. The Labute approximate surface area is 134 Å². The van der Waals surface area contributed by atoms with Gasteiger partial charge < -0.3 is 5.73 Å².